The van der Waals surface area contributed by atoms with Crippen LogP contribution in [-0.4, -0.2) is 99.2 Å². The molecule has 0 spiro atoms. The summed E-state index contributed by atoms with van der Waals surface area (Å²) in [4.78, 5) is 29.5. The van der Waals surface area contributed by atoms with Crippen LogP contribution < -0.4 is 36.0 Å². The number of ether oxygens (including phenoxy) is 1. The van der Waals surface area contributed by atoms with Crippen LogP contribution in [0.4, 0.5) is 35.2 Å². The zero-order valence-electron chi connectivity index (χ0n) is 25.9. The van der Waals surface area contributed by atoms with Gasteiger partial charge in [0.05, 0.1) is 24.7 Å². The third kappa shape index (κ3) is 11.3. The Kier molecular flexibility index (Phi) is 11.6. The van der Waals surface area contributed by atoms with Gasteiger partial charge in [0, 0.05) is 50.6 Å². The van der Waals surface area contributed by atoms with Gasteiger partial charge in [-0.05, 0) is 35.4 Å². The van der Waals surface area contributed by atoms with Gasteiger partial charge in [0.1, 0.15) is 12.7 Å². The minimum Gasteiger partial charge on any atom is -0.378 e. The predicted octanol–water partition coefficient (Wildman–Crippen LogP) is 0.0536. The van der Waals surface area contributed by atoms with E-state index < -0.39 is 20.0 Å². The van der Waals surface area contributed by atoms with Gasteiger partial charge in [-0.1, -0.05) is 24.3 Å². The van der Waals surface area contributed by atoms with Crippen LogP contribution in [0.1, 0.15) is 11.1 Å². The summed E-state index contributed by atoms with van der Waals surface area (Å²) in [5, 5.41) is 19.6. The summed E-state index contributed by atoms with van der Waals surface area (Å²) in [7, 11) is -7.15. The normalized spacial score (nSPS) is 15.3. The lowest BCUT2D eigenvalue weighted by Crippen LogP contribution is -2.44. The molecule has 2 aliphatic heterocycles. The number of aromatic nitrogens is 6. The number of hydrogen-bond acceptors (Lipinski definition) is 16. The van der Waals surface area contributed by atoms with Crippen molar-refractivity contribution >= 4 is 55.2 Å². The van der Waals surface area contributed by atoms with Gasteiger partial charge in [-0.25, -0.2) is 47.0 Å². The Morgan fingerprint density at radius 2 is 1.15 bits per heavy atom. The van der Waals surface area contributed by atoms with Gasteiger partial charge >= 0.3 is 0 Å². The summed E-state index contributed by atoms with van der Waals surface area (Å²) in [5.41, 5.74) is 2.55. The van der Waals surface area contributed by atoms with E-state index in [1.807, 2.05) is 4.90 Å². The first-order valence-electron chi connectivity index (χ1n) is 14.9. The monoisotopic (exact) mass is 699 g/mol. The Labute approximate surface area is 278 Å². The zero-order valence-corrected chi connectivity index (χ0v) is 27.6. The van der Waals surface area contributed by atoms with E-state index in [0.717, 1.165) is 39.3 Å². The molecule has 18 nitrogen and oxygen atoms in total. The minimum absolute atomic E-state index is 0.217. The second-order valence-corrected chi connectivity index (χ2v) is 14.0. The van der Waals surface area contributed by atoms with E-state index in [0.29, 0.717) is 59.5 Å². The molecule has 2 saturated heterocycles. The molecule has 0 radical (unpaired) electrons. The first kappa shape index (κ1) is 34.7. The lowest BCUT2D eigenvalue weighted by atomic mass is 10.2. The number of rotatable bonds is 10. The molecule has 0 unspecified atom stereocenters. The number of morpholine rings is 1. The molecule has 48 heavy (non-hydrogen) atoms. The summed E-state index contributed by atoms with van der Waals surface area (Å²) < 4.78 is 50.1. The van der Waals surface area contributed by atoms with Crippen molar-refractivity contribution in [3.05, 3.63) is 72.3 Å². The highest BCUT2D eigenvalue weighted by atomic mass is 32.2. The Balaban J connectivity index is 0.000000188. The largest absolute Gasteiger partial charge is 0.378 e. The average Bonchev–Trinajstić information content (AvgIpc) is 3.05. The molecular formula is C28H37N13O5S2. The van der Waals surface area contributed by atoms with E-state index >= 15 is 0 Å². The average molecular weight is 700 g/mol. The highest BCUT2D eigenvalue weighted by Gasteiger charge is 2.16. The van der Waals surface area contributed by atoms with Crippen LogP contribution in [-0.2, 0) is 36.3 Å². The Morgan fingerprint density at radius 1 is 0.688 bits per heavy atom. The third-order valence-corrected chi connectivity index (χ3v) is 8.39. The molecule has 2 aromatic heterocycles. The van der Waals surface area contributed by atoms with Crippen LogP contribution in [0, 0.1) is 0 Å². The highest BCUT2D eigenvalue weighted by Crippen LogP contribution is 2.19. The summed E-state index contributed by atoms with van der Waals surface area (Å²) >= 11 is 0. The van der Waals surface area contributed by atoms with Gasteiger partial charge in [-0.15, -0.1) is 0 Å². The molecule has 2 fully saturated rings. The second kappa shape index (κ2) is 16.0. The van der Waals surface area contributed by atoms with Crippen LogP contribution in [0.25, 0.3) is 0 Å². The van der Waals surface area contributed by atoms with Crippen molar-refractivity contribution in [1.82, 2.24) is 35.2 Å². The SMILES string of the molecule is NS(=O)(=O)Cc1cccc(Nc2ncnc(N3CCNCC3)n2)c1.NS(=O)(=O)Cc1cccc(Nc2ncnc(N3CCOCC3)n2)c1. The van der Waals surface area contributed by atoms with Gasteiger partial charge in [-0.3, -0.25) is 0 Å². The number of benzene rings is 2. The highest BCUT2D eigenvalue weighted by molar-refractivity contribution is 7.88. The van der Waals surface area contributed by atoms with E-state index in [1.54, 1.807) is 48.5 Å². The number of hydrogen-bond donors (Lipinski definition) is 5. The Hall–Kier alpha value is -4.60. The maximum absolute atomic E-state index is 11.2. The van der Waals surface area contributed by atoms with Crippen LogP contribution in [0.2, 0.25) is 0 Å². The van der Waals surface area contributed by atoms with Crippen LogP contribution in [0.3, 0.4) is 0 Å². The molecule has 6 rings (SSSR count). The van der Waals surface area contributed by atoms with Crippen molar-refractivity contribution in [2.75, 3.05) is 72.9 Å². The maximum atomic E-state index is 11.2. The van der Waals surface area contributed by atoms with Crippen LogP contribution >= 0.6 is 0 Å². The summed E-state index contributed by atoms with van der Waals surface area (Å²) in [6.45, 7) is 6.21. The number of piperazine rings is 1. The van der Waals surface area contributed by atoms with Crippen molar-refractivity contribution in [2.45, 2.75) is 11.5 Å². The number of nitrogens with zero attached hydrogens (tertiary/aromatic N) is 8. The van der Waals surface area contributed by atoms with E-state index in [2.05, 4.69) is 50.8 Å². The standard InChI is InChI=1S/C14H19N7O2S.C14H18N6O3S/c15-24(22,23)9-11-2-1-3-12(8-11)19-13-17-10-18-14(20-13)21-6-4-16-5-7-21;15-24(21,22)9-11-2-1-3-12(8-11)18-13-16-10-17-14(19-13)20-4-6-23-7-5-20/h1-3,8,10,16H,4-7,9H2,(H2,15,22,23)(H,17,18,19,20);1-3,8,10H,4-7,9H2,(H2,15,21,22)(H,16,17,18,19). The molecule has 0 saturated carbocycles. The fourth-order valence-electron chi connectivity index (χ4n) is 4.83. The lowest BCUT2D eigenvalue weighted by Gasteiger charge is -2.27. The van der Waals surface area contributed by atoms with E-state index in [9.17, 15) is 16.8 Å². The molecule has 4 aromatic rings. The molecule has 0 atom stereocenters. The van der Waals surface area contributed by atoms with Crippen molar-refractivity contribution < 1.29 is 21.6 Å². The second-order valence-electron chi connectivity index (χ2n) is 10.8. The number of anilines is 6. The number of nitrogens with two attached hydrogens (primary N) is 2. The number of primary sulfonamides is 2. The Morgan fingerprint density at radius 3 is 1.60 bits per heavy atom. The molecule has 7 N–H and O–H groups in total. The fraction of sp³-hybridized carbons (Fsp3) is 0.357. The molecule has 20 heteroatoms. The molecule has 2 aromatic carbocycles. The third-order valence-electron chi connectivity index (χ3n) is 6.91. The van der Waals surface area contributed by atoms with Crippen LogP contribution in [0.15, 0.2) is 61.2 Å². The zero-order chi connectivity index (χ0) is 34.0. The van der Waals surface area contributed by atoms with Gasteiger partial charge in [0.15, 0.2) is 0 Å². The molecule has 0 aliphatic carbocycles. The van der Waals surface area contributed by atoms with Crippen molar-refractivity contribution in [2.24, 2.45) is 10.3 Å². The molecule has 0 amide bonds. The van der Waals surface area contributed by atoms with Gasteiger partial charge < -0.3 is 30.5 Å². The van der Waals surface area contributed by atoms with Crippen molar-refractivity contribution in [3.8, 4) is 0 Å². The molecule has 4 heterocycles. The van der Waals surface area contributed by atoms with Gasteiger partial charge in [0.2, 0.25) is 43.8 Å². The van der Waals surface area contributed by atoms with Crippen molar-refractivity contribution in [1.29, 1.82) is 0 Å². The Bertz CT molecular complexity index is 1750. The molecule has 2 aliphatic rings. The summed E-state index contributed by atoms with van der Waals surface area (Å²) in [5.74, 6) is 1.56. The molecule has 256 valence electrons. The van der Waals surface area contributed by atoms with Gasteiger partial charge in [0.25, 0.3) is 0 Å². The van der Waals surface area contributed by atoms with E-state index in [-0.39, 0.29) is 11.5 Å². The predicted molar refractivity (Wildman–Crippen MR) is 181 cm³/mol. The maximum Gasteiger partial charge on any atom is 0.231 e. The number of nitrogens with one attached hydrogen (secondary N) is 3. The van der Waals surface area contributed by atoms with Gasteiger partial charge in [-0.2, -0.15) is 9.97 Å². The first-order chi connectivity index (χ1) is 23.0. The summed E-state index contributed by atoms with van der Waals surface area (Å²) in [6.07, 6.45) is 2.90. The number of sulfonamides is 2. The lowest BCUT2D eigenvalue weighted by molar-refractivity contribution is 0.122. The topological polar surface area (TPSA) is 249 Å². The molecular weight excluding hydrogens is 663 g/mol. The smallest absolute Gasteiger partial charge is 0.231 e. The van der Waals surface area contributed by atoms with Crippen molar-refractivity contribution in [3.63, 3.8) is 0 Å². The van der Waals surface area contributed by atoms with E-state index in [4.69, 9.17) is 15.0 Å². The summed E-state index contributed by atoms with van der Waals surface area (Å²) in [6, 6.07) is 13.9. The molecule has 0 bridgehead atoms. The first-order valence-corrected chi connectivity index (χ1v) is 18.3. The fourth-order valence-corrected chi connectivity index (χ4v) is 6.12. The minimum atomic E-state index is -3.58. The quantitative estimate of drug-likeness (QED) is 0.147. The van der Waals surface area contributed by atoms with E-state index in [1.165, 1.54) is 12.7 Å². The van der Waals surface area contributed by atoms with Crippen LogP contribution in [0.5, 0.6) is 0 Å².